The quantitative estimate of drug-likeness (QED) is 0.647. The van der Waals surface area contributed by atoms with Gasteiger partial charge in [-0.3, -0.25) is 15.0 Å². The lowest BCUT2D eigenvalue weighted by Crippen LogP contribution is -2.40. The van der Waals surface area contributed by atoms with Gasteiger partial charge in [-0.1, -0.05) is 18.5 Å². The number of aryl methyl sites for hydroxylation is 2. The Morgan fingerprint density at radius 3 is 2.85 bits per heavy atom. The molecule has 0 aliphatic carbocycles. The summed E-state index contributed by atoms with van der Waals surface area (Å²) in [6.07, 6.45) is 2.96. The molecule has 1 atom stereocenters. The molecule has 2 heterocycles. The Morgan fingerprint density at radius 2 is 2.25 bits per heavy atom. The second-order valence-electron chi connectivity index (χ2n) is 5.41. The van der Waals surface area contributed by atoms with E-state index in [4.69, 9.17) is 22.7 Å². The van der Waals surface area contributed by atoms with Crippen molar-refractivity contribution in [3.05, 3.63) is 16.4 Å². The number of aromatic nitrogens is 2. The van der Waals surface area contributed by atoms with Crippen molar-refractivity contribution in [2.45, 2.75) is 46.2 Å². The topological polar surface area (TPSA) is 70.9 Å². The van der Waals surface area contributed by atoms with Crippen LogP contribution in [0.4, 0.5) is 0 Å². The molecule has 1 unspecified atom stereocenters. The lowest BCUT2D eigenvalue weighted by molar-refractivity contribution is 0.191. The molecule has 1 aromatic heterocycles. The molecule has 1 aromatic rings. The van der Waals surface area contributed by atoms with Gasteiger partial charge in [-0.25, -0.2) is 0 Å². The summed E-state index contributed by atoms with van der Waals surface area (Å²) < 4.78 is 2.00. The highest BCUT2D eigenvalue weighted by atomic mass is 35.5. The van der Waals surface area contributed by atoms with E-state index in [1.54, 1.807) is 0 Å². The van der Waals surface area contributed by atoms with Crippen molar-refractivity contribution >= 4 is 17.4 Å². The van der Waals surface area contributed by atoms with Gasteiger partial charge in [-0.15, -0.1) is 0 Å². The van der Waals surface area contributed by atoms with Crippen LogP contribution in [-0.4, -0.2) is 33.6 Å². The number of halogens is 1. The molecule has 0 amide bonds. The average Bonchev–Trinajstić information content (AvgIpc) is 2.75. The molecule has 3 N–H and O–H groups in total. The first-order valence-corrected chi connectivity index (χ1v) is 7.74. The summed E-state index contributed by atoms with van der Waals surface area (Å²) in [6.45, 7) is 7.67. The number of hydrogen-bond acceptors (Lipinski definition) is 3. The van der Waals surface area contributed by atoms with Gasteiger partial charge in [0.2, 0.25) is 0 Å². The molecule has 0 radical (unpaired) electrons. The van der Waals surface area contributed by atoms with Gasteiger partial charge in [-0.05, 0) is 32.7 Å². The number of nitrogens with one attached hydrogen (secondary N) is 1. The molecule has 20 heavy (non-hydrogen) atoms. The van der Waals surface area contributed by atoms with Crippen LogP contribution in [0, 0.1) is 11.3 Å². The molecule has 2 rings (SSSR count). The van der Waals surface area contributed by atoms with Gasteiger partial charge in [-0.2, -0.15) is 5.10 Å². The molecule has 0 spiro atoms. The van der Waals surface area contributed by atoms with E-state index < -0.39 is 0 Å². The van der Waals surface area contributed by atoms with Crippen LogP contribution in [0.25, 0.3) is 0 Å². The van der Waals surface area contributed by atoms with Crippen LogP contribution in [0.15, 0.2) is 0 Å². The van der Waals surface area contributed by atoms with Crippen LogP contribution in [0.1, 0.15) is 38.1 Å². The van der Waals surface area contributed by atoms with E-state index in [0.29, 0.717) is 5.84 Å². The minimum Gasteiger partial charge on any atom is -0.387 e. The van der Waals surface area contributed by atoms with Crippen LogP contribution in [0.5, 0.6) is 0 Å². The average molecular weight is 298 g/mol. The number of piperidine rings is 1. The SMILES string of the molecule is CCc1nn(CC)c(CN2CCCC(C(=N)N)C2)c1Cl. The fourth-order valence-electron chi connectivity index (χ4n) is 2.83. The third kappa shape index (κ3) is 3.15. The van der Waals surface area contributed by atoms with Crippen LogP contribution >= 0.6 is 11.6 Å². The maximum absolute atomic E-state index is 7.62. The van der Waals surface area contributed by atoms with Crippen LogP contribution in [0.3, 0.4) is 0 Å². The van der Waals surface area contributed by atoms with Crippen LogP contribution < -0.4 is 5.73 Å². The lowest BCUT2D eigenvalue weighted by Gasteiger charge is -2.32. The highest BCUT2D eigenvalue weighted by Crippen LogP contribution is 2.25. The Kier molecular flexibility index (Phi) is 5.05. The van der Waals surface area contributed by atoms with Crippen molar-refractivity contribution in [1.29, 1.82) is 5.41 Å². The summed E-state index contributed by atoms with van der Waals surface area (Å²) in [7, 11) is 0. The minimum absolute atomic E-state index is 0.186. The Morgan fingerprint density at radius 1 is 1.50 bits per heavy atom. The monoisotopic (exact) mass is 297 g/mol. The molecule has 1 aliphatic rings. The third-order valence-electron chi connectivity index (χ3n) is 4.01. The van der Waals surface area contributed by atoms with E-state index in [1.165, 1.54) is 0 Å². The van der Waals surface area contributed by atoms with Crippen molar-refractivity contribution < 1.29 is 0 Å². The summed E-state index contributed by atoms with van der Waals surface area (Å²) >= 11 is 6.45. The van der Waals surface area contributed by atoms with Crippen LogP contribution in [0.2, 0.25) is 5.02 Å². The minimum atomic E-state index is 0.186. The van der Waals surface area contributed by atoms with E-state index >= 15 is 0 Å². The van der Waals surface area contributed by atoms with Gasteiger partial charge in [0.25, 0.3) is 0 Å². The smallest absolute Gasteiger partial charge is 0.0949 e. The number of nitrogens with two attached hydrogens (primary N) is 1. The maximum Gasteiger partial charge on any atom is 0.0949 e. The molecule has 5 nitrogen and oxygen atoms in total. The van der Waals surface area contributed by atoms with Crippen molar-refractivity contribution in [2.24, 2.45) is 11.7 Å². The van der Waals surface area contributed by atoms with E-state index in [-0.39, 0.29) is 5.92 Å². The number of nitrogens with zero attached hydrogens (tertiary/aromatic N) is 3. The van der Waals surface area contributed by atoms with Crippen molar-refractivity contribution in [1.82, 2.24) is 14.7 Å². The number of amidine groups is 1. The maximum atomic E-state index is 7.62. The largest absolute Gasteiger partial charge is 0.387 e. The van der Waals surface area contributed by atoms with Crippen LogP contribution in [-0.2, 0) is 19.5 Å². The number of likely N-dealkylation sites (tertiary alicyclic amines) is 1. The molecular formula is C14H24ClN5. The van der Waals surface area contributed by atoms with Gasteiger partial charge in [0, 0.05) is 25.6 Å². The fourth-order valence-corrected chi connectivity index (χ4v) is 3.16. The number of rotatable bonds is 5. The van der Waals surface area contributed by atoms with Gasteiger partial charge in [0.1, 0.15) is 0 Å². The Hall–Kier alpha value is -1.07. The molecule has 1 saturated heterocycles. The zero-order valence-electron chi connectivity index (χ0n) is 12.3. The normalized spacial score (nSPS) is 20.2. The zero-order valence-corrected chi connectivity index (χ0v) is 13.1. The van der Waals surface area contributed by atoms with Crippen molar-refractivity contribution in [3.8, 4) is 0 Å². The highest BCUT2D eigenvalue weighted by molar-refractivity contribution is 6.31. The summed E-state index contributed by atoms with van der Waals surface area (Å²) in [5.41, 5.74) is 7.72. The molecular weight excluding hydrogens is 274 g/mol. The standard InChI is InChI=1S/C14H24ClN5/c1-3-11-13(15)12(20(4-2)18-11)9-19-7-5-6-10(8-19)14(16)17/h10H,3-9H2,1-2H3,(H3,16,17). The second kappa shape index (κ2) is 6.59. The molecule has 1 aliphatic heterocycles. The summed E-state index contributed by atoms with van der Waals surface area (Å²) in [5, 5.41) is 13.0. The van der Waals surface area contributed by atoms with Gasteiger partial charge >= 0.3 is 0 Å². The third-order valence-corrected chi connectivity index (χ3v) is 4.45. The molecule has 0 aromatic carbocycles. The Bertz CT molecular complexity index is 482. The Balaban J connectivity index is 2.13. The van der Waals surface area contributed by atoms with E-state index in [0.717, 1.165) is 61.9 Å². The summed E-state index contributed by atoms with van der Waals surface area (Å²) in [5.74, 6) is 0.491. The highest BCUT2D eigenvalue weighted by Gasteiger charge is 2.24. The van der Waals surface area contributed by atoms with Gasteiger partial charge < -0.3 is 5.73 Å². The van der Waals surface area contributed by atoms with Gasteiger partial charge in [0.05, 0.1) is 22.2 Å². The Labute approximate surface area is 125 Å². The summed E-state index contributed by atoms with van der Waals surface area (Å²) in [4.78, 5) is 2.34. The summed E-state index contributed by atoms with van der Waals surface area (Å²) in [6, 6.07) is 0. The molecule has 1 fully saturated rings. The van der Waals surface area contributed by atoms with Crippen molar-refractivity contribution in [3.63, 3.8) is 0 Å². The second-order valence-corrected chi connectivity index (χ2v) is 5.78. The van der Waals surface area contributed by atoms with Crippen molar-refractivity contribution in [2.75, 3.05) is 13.1 Å². The van der Waals surface area contributed by atoms with E-state index in [9.17, 15) is 0 Å². The predicted octanol–water partition coefficient (Wildman–Crippen LogP) is 2.27. The molecule has 0 bridgehead atoms. The molecule has 6 heteroatoms. The predicted molar refractivity (Wildman–Crippen MR) is 82.2 cm³/mol. The first kappa shape index (κ1) is 15.3. The first-order valence-electron chi connectivity index (χ1n) is 7.37. The van der Waals surface area contributed by atoms with Gasteiger partial charge in [0.15, 0.2) is 0 Å². The van der Waals surface area contributed by atoms with E-state index in [2.05, 4.69) is 23.8 Å². The molecule has 112 valence electrons. The molecule has 0 saturated carbocycles. The zero-order chi connectivity index (χ0) is 14.7. The fraction of sp³-hybridized carbons (Fsp3) is 0.714. The number of hydrogen-bond donors (Lipinski definition) is 2. The van der Waals surface area contributed by atoms with E-state index in [1.807, 2.05) is 4.68 Å². The first-order chi connectivity index (χ1) is 9.56. The lowest BCUT2D eigenvalue weighted by atomic mass is 9.97.